The molecule has 2 aromatic rings. The summed E-state index contributed by atoms with van der Waals surface area (Å²) < 4.78 is 19.0. The van der Waals surface area contributed by atoms with Gasteiger partial charge in [0.15, 0.2) is 0 Å². The highest BCUT2D eigenvalue weighted by molar-refractivity contribution is 6.34. The standard InChI is InChI=1S/C17H16FN3O3/c1-19-16(22)17(23)21-20-10-12-6-8-14(9-7-12)24-11-13-4-2-3-5-15(13)18/h2-10H,11H2,1H3,(H,19,22)(H,21,23)/b20-10-. The van der Waals surface area contributed by atoms with E-state index in [1.165, 1.54) is 19.3 Å². The number of hydrogen-bond acceptors (Lipinski definition) is 4. The summed E-state index contributed by atoms with van der Waals surface area (Å²) in [5.41, 5.74) is 3.27. The molecular weight excluding hydrogens is 313 g/mol. The summed E-state index contributed by atoms with van der Waals surface area (Å²) in [6.07, 6.45) is 1.39. The van der Waals surface area contributed by atoms with Gasteiger partial charge in [-0.2, -0.15) is 5.10 Å². The molecule has 2 rings (SSSR count). The molecule has 2 amide bonds. The van der Waals surface area contributed by atoms with Crippen molar-refractivity contribution in [2.75, 3.05) is 7.05 Å². The van der Waals surface area contributed by atoms with Crippen LogP contribution >= 0.6 is 0 Å². The van der Waals surface area contributed by atoms with Gasteiger partial charge in [-0.3, -0.25) is 9.59 Å². The largest absolute Gasteiger partial charge is 0.489 e. The van der Waals surface area contributed by atoms with Gasteiger partial charge in [0.25, 0.3) is 0 Å². The summed E-state index contributed by atoms with van der Waals surface area (Å²) in [5, 5.41) is 5.85. The van der Waals surface area contributed by atoms with E-state index < -0.39 is 11.8 Å². The van der Waals surface area contributed by atoms with Crippen molar-refractivity contribution in [2.24, 2.45) is 5.10 Å². The molecular formula is C17H16FN3O3. The van der Waals surface area contributed by atoms with E-state index in [4.69, 9.17) is 4.74 Å². The highest BCUT2D eigenvalue weighted by atomic mass is 19.1. The van der Waals surface area contributed by atoms with E-state index >= 15 is 0 Å². The third-order valence-electron chi connectivity index (χ3n) is 3.05. The fraction of sp³-hybridized carbons (Fsp3) is 0.118. The Morgan fingerprint density at radius 1 is 1.12 bits per heavy atom. The average Bonchev–Trinajstić information content (AvgIpc) is 2.61. The van der Waals surface area contributed by atoms with E-state index in [-0.39, 0.29) is 12.4 Å². The first-order chi connectivity index (χ1) is 11.6. The number of carbonyl (C=O) groups excluding carboxylic acids is 2. The first kappa shape index (κ1) is 17.1. The number of ether oxygens (including phenoxy) is 1. The Labute approximate surface area is 138 Å². The third-order valence-corrected chi connectivity index (χ3v) is 3.05. The third kappa shape index (κ3) is 4.91. The molecule has 124 valence electrons. The molecule has 2 N–H and O–H groups in total. The van der Waals surface area contributed by atoms with Crippen LogP contribution in [0.1, 0.15) is 11.1 Å². The quantitative estimate of drug-likeness (QED) is 0.497. The minimum atomic E-state index is -0.849. The minimum Gasteiger partial charge on any atom is -0.489 e. The molecule has 0 aliphatic carbocycles. The molecule has 2 aromatic carbocycles. The van der Waals surface area contributed by atoms with Crippen LogP contribution in [-0.4, -0.2) is 25.1 Å². The Morgan fingerprint density at radius 3 is 2.50 bits per heavy atom. The van der Waals surface area contributed by atoms with Crippen LogP contribution in [-0.2, 0) is 16.2 Å². The van der Waals surface area contributed by atoms with Crippen molar-refractivity contribution in [3.05, 3.63) is 65.5 Å². The number of halogens is 1. The van der Waals surface area contributed by atoms with Crippen LogP contribution in [0.5, 0.6) is 5.75 Å². The van der Waals surface area contributed by atoms with Crippen LogP contribution in [0, 0.1) is 5.82 Å². The van der Waals surface area contributed by atoms with Gasteiger partial charge >= 0.3 is 11.8 Å². The van der Waals surface area contributed by atoms with E-state index in [2.05, 4.69) is 15.8 Å². The maximum atomic E-state index is 13.5. The molecule has 0 aromatic heterocycles. The van der Waals surface area contributed by atoms with Crippen LogP contribution in [0.2, 0.25) is 0 Å². The number of hydrazone groups is 1. The lowest BCUT2D eigenvalue weighted by molar-refractivity contribution is -0.138. The molecule has 0 aliphatic heterocycles. The van der Waals surface area contributed by atoms with Crippen LogP contribution in [0.3, 0.4) is 0 Å². The number of nitrogens with zero attached hydrogens (tertiary/aromatic N) is 1. The van der Waals surface area contributed by atoms with Crippen molar-refractivity contribution in [3.63, 3.8) is 0 Å². The zero-order valence-electron chi connectivity index (χ0n) is 13.0. The molecule has 0 aliphatic rings. The number of benzene rings is 2. The van der Waals surface area contributed by atoms with Gasteiger partial charge in [0.2, 0.25) is 0 Å². The number of amides is 2. The fourth-order valence-electron chi connectivity index (χ4n) is 1.76. The molecule has 0 saturated heterocycles. The first-order valence-electron chi connectivity index (χ1n) is 7.11. The Kier molecular flexibility index (Phi) is 6.01. The Bertz CT molecular complexity index is 745. The van der Waals surface area contributed by atoms with Gasteiger partial charge < -0.3 is 10.1 Å². The van der Waals surface area contributed by atoms with E-state index in [1.54, 1.807) is 42.5 Å². The molecule has 24 heavy (non-hydrogen) atoms. The molecule has 0 fully saturated rings. The zero-order valence-corrected chi connectivity index (χ0v) is 13.0. The average molecular weight is 329 g/mol. The lowest BCUT2D eigenvalue weighted by Gasteiger charge is -2.07. The van der Waals surface area contributed by atoms with Crippen LogP contribution in [0.4, 0.5) is 4.39 Å². The molecule has 0 atom stereocenters. The van der Waals surface area contributed by atoms with E-state index in [1.807, 2.05) is 0 Å². The van der Waals surface area contributed by atoms with Crippen molar-refractivity contribution in [1.29, 1.82) is 0 Å². The monoisotopic (exact) mass is 329 g/mol. The van der Waals surface area contributed by atoms with Gasteiger partial charge in [-0.25, -0.2) is 9.82 Å². The Balaban J connectivity index is 1.88. The first-order valence-corrected chi connectivity index (χ1v) is 7.11. The van der Waals surface area contributed by atoms with E-state index in [0.29, 0.717) is 16.9 Å². The number of rotatable bonds is 5. The summed E-state index contributed by atoms with van der Waals surface area (Å²) in [6.45, 7) is 0.127. The van der Waals surface area contributed by atoms with E-state index in [9.17, 15) is 14.0 Å². The van der Waals surface area contributed by atoms with E-state index in [0.717, 1.165) is 0 Å². The maximum absolute atomic E-state index is 13.5. The number of likely N-dealkylation sites (N-methyl/N-ethyl adjacent to an activating group) is 1. The topological polar surface area (TPSA) is 79.8 Å². The predicted octanol–water partition coefficient (Wildman–Crippen LogP) is 1.60. The molecule has 0 heterocycles. The molecule has 0 bridgehead atoms. The lowest BCUT2D eigenvalue weighted by Crippen LogP contribution is -2.35. The summed E-state index contributed by atoms with van der Waals surface area (Å²) in [7, 11) is 1.35. The summed E-state index contributed by atoms with van der Waals surface area (Å²) >= 11 is 0. The zero-order chi connectivity index (χ0) is 17.4. The predicted molar refractivity (Wildman–Crippen MR) is 87.0 cm³/mol. The molecule has 0 spiro atoms. The van der Waals surface area contributed by atoms with Crippen molar-refractivity contribution in [2.45, 2.75) is 6.61 Å². The van der Waals surface area contributed by atoms with Crippen LogP contribution < -0.4 is 15.5 Å². The minimum absolute atomic E-state index is 0.127. The van der Waals surface area contributed by atoms with Gasteiger partial charge in [0.05, 0.1) is 6.21 Å². The van der Waals surface area contributed by atoms with Crippen molar-refractivity contribution in [3.8, 4) is 5.75 Å². The second-order valence-electron chi connectivity index (χ2n) is 4.73. The number of carbonyl (C=O) groups is 2. The second-order valence-corrected chi connectivity index (χ2v) is 4.73. The smallest absolute Gasteiger partial charge is 0.329 e. The summed E-state index contributed by atoms with van der Waals surface area (Å²) in [5.74, 6) is -1.36. The molecule has 7 heteroatoms. The lowest BCUT2D eigenvalue weighted by atomic mass is 10.2. The molecule has 0 saturated carbocycles. The van der Waals surface area contributed by atoms with Crippen LogP contribution in [0.15, 0.2) is 53.6 Å². The van der Waals surface area contributed by atoms with Crippen LogP contribution in [0.25, 0.3) is 0 Å². The Hall–Kier alpha value is -3.22. The van der Waals surface area contributed by atoms with Gasteiger partial charge in [0, 0.05) is 12.6 Å². The van der Waals surface area contributed by atoms with Gasteiger partial charge in [-0.1, -0.05) is 18.2 Å². The molecule has 6 nitrogen and oxygen atoms in total. The fourth-order valence-corrected chi connectivity index (χ4v) is 1.76. The Morgan fingerprint density at radius 2 is 1.83 bits per heavy atom. The maximum Gasteiger partial charge on any atom is 0.329 e. The van der Waals surface area contributed by atoms with Crippen molar-refractivity contribution < 1.29 is 18.7 Å². The van der Waals surface area contributed by atoms with Gasteiger partial charge in [0.1, 0.15) is 18.2 Å². The SMILES string of the molecule is CNC(=O)C(=O)N/N=C\c1ccc(OCc2ccccc2F)cc1. The summed E-state index contributed by atoms with van der Waals surface area (Å²) in [6, 6.07) is 13.2. The highest BCUT2D eigenvalue weighted by Gasteiger charge is 2.08. The highest BCUT2D eigenvalue weighted by Crippen LogP contribution is 2.15. The number of hydrogen-bond donors (Lipinski definition) is 2. The molecule has 0 radical (unpaired) electrons. The molecule has 0 unspecified atom stereocenters. The van der Waals surface area contributed by atoms with Crippen molar-refractivity contribution >= 4 is 18.0 Å². The van der Waals surface area contributed by atoms with Gasteiger partial charge in [-0.15, -0.1) is 0 Å². The second kappa shape index (κ2) is 8.42. The van der Waals surface area contributed by atoms with Gasteiger partial charge in [-0.05, 0) is 35.9 Å². The normalized spacial score (nSPS) is 10.4. The van der Waals surface area contributed by atoms with Crippen molar-refractivity contribution in [1.82, 2.24) is 10.7 Å². The summed E-state index contributed by atoms with van der Waals surface area (Å²) in [4.78, 5) is 22.1. The number of nitrogens with one attached hydrogen (secondary N) is 2.